The van der Waals surface area contributed by atoms with Crippen molar-refractivity contribution in [2.24, 2.45) is 0 Å². The van der Waals surface area contributed by atoms with Crippen molar-refractivity contribution < 1.29 is 9.53 Å². The number of ether oxygens (including phenoxy) is 1. The van der Waals surface area contributed by atoms with Crippen LogP contribution in [0.3, 0.4) is 0 Å². The predicted molar refractivity (Wildman–Crippen MR) is 87.4 cm³/mol. The fraction of sp³-hybridized carbons (Fsp3) is 0.941. The van der Waals surface area contributed by atoms with Gasteiger partial charge in [-0.1, -0.05) is 13.8 Å². The molecule has 1 aliphatic heterocycles. The first-order valence-corrected chi connectivity index (χ1v) is 8.66. The maximum absolute atomic E-state index is 12.2. The molecule has 0 aromatic heterocycles. The maximum atomic E-state index is 12.2. The minimum atomic E-state index is -0.546. The third-order valence-corrected chi connectivity index (χ3v) is 4.81. The highest BCUT2D eigenvalue weighted by Gasteiger charge is 2.34. The van der Waals surface area contributed by atoms with Crippen LogP contribution in [0.15, 0.2) is 0 Å². The third kappa shape index (κ3) is 4.96. The van der Waals surface area contributed by atoms with Crippen LogP contribution in [0.5, 0.6) is 0 Å². The molecule has 21 heavy (non-hydrogen) atoms. The summed E-state index contributed by atoms with van der Waals surface area (Å²) < 4.78 is 5.23. The van der Waals surface area contributed by atoms with E-state index in [4.69, 9.17) is 4.74 Å². The van der Waals surface area contributed by atoms with Gasteiger partial charge in [0.1, 0.15) is 5.54 Å². The molecule has 124 valence electrons. The molecule has 1 fully saturated rings. The van der Waals surface area contributed by atoms with Gasteiger partial charge < -0.3 is 10.1 Å². The van der Waals surface area contributed by atoms with Gasteiger partial charge in [-0.15, -0.1) is 0 Å². The average molecular weight is 298 g/mol. The molecular formula is C17H34N2O2. The lowest BCUT2D eigenvalue weighted by atomic mass is 9.95. The number of rotatable bonds is 9. The highest BCUT2D eigenvalue weighted by atomic mass is 16.5. The second-order valence-corrected chi connectivity index (χ2v) is 6.41. The Balaban J connectivity index is 2.51. The first-order chi connectivity index (χ1) is 9.98. The maximum Gasteiger partial charge on any atom is 0.326 e. The second-order valence-electron chi connectivity index (χ2n) is 6.41. The fourth-order valence-corrected chi connectivity index (χ4v) is 3.53. The Morgan fingerprint density at radius 3 is 2.62 bits per heavy atom. The SMILES string of the molecule is CCNC(C)(CCCN1C(C)CCC1CC)C(=O)OCC. The van der Waals surface area contributed by atoms with E-state index in [9.17, 15) is 4.79 Å². The summed E-state index contributed by atoms with van der Waals surface area (Å²) in [7, 11) is 0. The lowest BCUT2D eigenvalue weighted by Crippen LogP contribution is -2.51. The summed E-state index contributed by atoms with van der Waals surface area (Å²) in [6, 6.07) is 1.41. The summed E-state index contributed by atoms with van der Waals surface area (Å²) in [6.45, 7) is 12.8. The molecule has 0 amide bonds. The normalized spacial score (nSPS) is 25.8. The van der Waals surface area contributed by atoms with Crippen LogP contribution in [0, 0.1) is 0 Å². The molecule has 0 saturated carbocycles. The molecule has 0 bridgehead atoms. The second kappa shape index (κ2) is 8.74. The number of likely N-dealkylation sites (N-methyl/N-ethyl adjacent to an activating group) is 1. The number of likely N-dealkylation sites (tertiary alicyclic amines) is 1. The van der Waals surface area contributed by atoms with E-state index in [1.54, 1.807) is 0 Å². The summed E-state index contributed by atoms with van der Waals surface area (Å²) >= 11 is 0. The van der Waals surface area contributed by atoms with Gasteiger partial charge in [-0.3, -0.25) is 9.69 Å². The smallest absolute Gasteiger partial charge is 0.326 e. The van der Waals surface area contributed by atoms with Gasteiger partial charge in [0, 0.05) is 12.1 Å². The quantitative estimate of drug-likeness (QED) is 0.665. The van der Waals surface area contributed by atoms with E-state index in [-0.39, 0.29) is 5.97 Å². The molecule has 4 nitrogen and oxygen atoms in total. The first-order valence-electron chi connectivity index (χ1n) is 8.66. The number of hydrogen-bond acceptors (Lipinski definition) is 4. The zero-order valence-corrected chi connectivity index (χ0v) is 14.6. The Morgan fingerprint density at radius 1 is 1.33 bits per heavy atom. The van der Waals surface area contributed by atoms with Crippen LogP contribution in [-0.4, -0.2) is 48.2 Å². The predicted octanol–water partition coefficient (Wildman–Crippen LogP) is 2.96. The number of carbonyl (C=O) groups excluding carboxylic acids is 1. The summed E-state index contributed by atoms with van der Waals surface area (Å²) in [6.07, 6.45) is 5.72. The first kappa shape index (κ1) is 18.4. The topological polar surface area (TPSA) is 41.6 Å². The van der Waals surface area contributed by atoms with Crippen molar-refractivity contribution in [3.8, 4) is 0 Å². The van der Waals surface area contributed by atoms with Gasteiger partial charge in [-0.2, -0.15) is 0 Å². The van der Waals surface area contributed by atoms with Crippen molar-refractivity contribution in [2.75, 3.05) is 19.7 Å². The highest BCUT2D eigenvalue weighted by molar-refractivity contribution is 5.80. The van der Waals surface area contributed by atoms with Crippen molar-refractivity contribution >= 4 is 5.97 Å². The zero-order valence-electron chi connectivity index (χ0n) is 14.6. The lowest BCUT2D eigenvalue weighted by molar-refractivity contribution is -0.150. The third-order valence-electron chi connectivity index (χ3n) is 4.81. The number of hydrogen-bond donors (Lipinski definition) is 1. The Bertz CT molecular complexity index is 322. The number of carbonyl (C=O) groups is 1. The van der Waals surface area contributed by atoms with E-state index in [0.717, 1.165) is 32.0 Å². The molecule has 0 aliphatic carbocycles. The van der Waals surface area contributed by atoms with Crippen LogP contribution in [0.25, 0.3) is 0 Å². The Labute approximate surface area is 130 Å². The van der Waals surface area contributed by atoms with E-state index >= 15 is 0 Å². The van der Waals surface area contributed by atoms with Crippen molar-refractivity contribution in [3.05, 3.63) is 0 Å². The molecule has 1 saturated heterocycles. The van der Waals surface area contributed by atoms with E-state index < -0.39 is 5.54 Å². The van der Waals surface area contributed by atoms with Crippen LogP contribution < -0.4 is 5.32 Å². The van der Waals surface area contributed by atoms with Crippen LogP contribution in [0.2, 0.25) is 0 Å². The summed E-state index contributed by atoms with van der Waals surface area (Å²) in [5.41, 5.74) is -0.546. The molecule has 1 rings (SSSR count). The summed E-state index contributed by atoms with van der Waals surface area (Å²) in [5, 5.41) is 3.31. The molecular weight excluding hydrogens is 264 g/mol. The van der Waals surface area contributed by atoms with E-state index in [2.05, 4.69) is 24.1 Å². The largest absolute Gasteiger partial charge is 0.465 e. The van der Waals surface area contributed by atoms with Crippen molar-refractivity contribution in [1.82, 2.24) is 10.2 Å². The molecule has 1 heterocycles. The number of nitrogens with zero attached hydrogens (tertiary/aromatic N) is 1. The standard InChI is InChI=1S/C17H34N2O2/c1-6-15-11-10-14(4)19(15)13-9-12-17(5,18-7-2)16(20)21-8-3/h14-15,18H,6-13H2,1-5H3. The van der Waals surface area contributed by atoms with Crippen molar-refractivity contribution in [2.45, 2.75) is 84.3 Å². The summed E-state index contributed by atoms with van der Waals surface area (Å²) in [4.78, 5) is 14.8. The molecule has 4 heteroatoms. The minimum absolute atomic E-state index is 0.117. The fourth-order valence-electron chi connectivity index (χ4n) is 3.53. The van der Waals surface area contributed by atoms with Crippen molar-refractivity contribution in [1.29, 1.82) is 0 Å². The molecule has 3 unspecified atom stereocenters. The monoisotopic (exact) mass is 298 g/mol. The Morgan fingerprint density at radius 2 is 2.05 bits per heavy atom. The molecule has 0 aromatic rings. The van der Waals surface area contributed by atoms with Gasteiger partial charge in [-0.25, -0.2) is 0 Å². The Hall–Kier alpha value is -0.610. The molecule has 0 spiro atoms. The molecule has 0 radical (unpaired) electrons. The summed E-state index contributed by atoms with van der Waals surface area (Å²) in [5.74, 6) is -0.117. The number of esters is 1. The molecule has 1 N–H and O–H groups in total. The lowest BCUT2D eigenvalue weighted by Gasteiger charge is -2.31. The van der Waals surface area contributed by atoms with Crippen LogP contribution in [0.4, 0.5) is 0 Å². The van der Waals surface area contributed by atoms with Gasteiger partial charge in [-0.05, 0) is 66.0 Å². The van der Waals surface area contributed by atoms with Crippen LogP contribution >= 0.6 is 0 Å². The van der Waals surface area contributed by atoms with Crippen LogP contribution in [-0.2, 0) is 9.53 Å². The zero-order chi connectivity index (χ0) is 15.9. The van der Waals surface area contributed by atoms with Gasteiger partial charge in [0.2, 0.25) is 0 Å². The highest BCUT2D eigenvalue weighted by Crippen LogP contribution is 2.27. The van der Waals surface area contributed by atoms with Crippen LogP contribution in [0.1, 0.15) is 66.7 Å². The Kier molecular flexibility index (Phi) is 7.67. The van der Waals surface area contributed by atoms with Gasteiger partial charge in [0.05, 0.1) is 6.61 Å². The van der Waals surface area contributed by atoms with Gasteiger partial charge in [0.15, 0.2) is 0 Å². The van der Waals surface area contributed by atoms with E-state index in [0.29, 0.717) is 12.6 Å². The van der Waals surface area contributed by atoms with E-state index in [1.165, 1.54) is 19.3 Å². The number of nitrogens with one attached hydrogen (secondary N) is 1. The van der Waals surface area contributed by atoms with E-state index in [1.807, 2.05) is 20.8 Å². The van der Waals surface area contributed by atoms with Crippen molar-refractivity contribution in [3.63, 3.8) is 0 Å². The van der Waals surface area contributed by atoms with Gasteiger partial charge >= 0.3 is 5.97 Å². The minimum Gasteiger partial charge on any atom is -0.465 e. The molecule has 0 aromatic carbocycles. The molecule has 3 atom stereocenters. The average Bonchev–Trinajstić information content (AvgIpc) is 2.80. The molecule has 1 aliphatic rings. The van der Waals surface area contributed by atoms with Gasteiger partial charge in [0.25, 0.3) is 0 Å².